The second kappa shape index (κ2) is 6.41. The monoisotopic (exact) mass is 286 g/mol. The Balaban J connectivity index is 1.79. The molecule has 0 aliphatic carbocycles. The number of anilines is 3. The summed E-state index contributed by atoms with van der Waals surface area (Å²) in [4.78, 5) is 10.8. The quantitative estimate of drug-likeness (QED) is 0.928. The lowest BCUT2D eigenvalue weighted by atomic mass is 10.3. The molecule has 0 saturated carbocycles. The Morgan fingerprint density at radius 3 is 2.81 bits per heavy atom. The SMILES string of the molecule is COc1ccccc1Nc1cc(N2CCOCC2)ncn1. The van der Waals surface area contributed by atoms with E-state index in [-0.39, 0.29) is 0 Å². The summed E-state index contributed by atoms with van der Waals surface area (Å²) in [5.41, 5.74) is 0.881. The molecule has 1 aromatic heterocycles. The van der Waals surface area contributed by atoms with Gasteiger partial charge in [-0.1, -0.05) is 12.1 Å². The van der Waals surface area contributed by atoms with Crippen molar-refractivity contribution in [1.29, 1.82) is 0 Å². The predicted octanol–water partition coefficient (Wildman–Crippen LogP) is 2.07. The lowest BCUT2D eigenvalue weighted by Crippen LogP contribution is -2.36. The van der Waals surface area contributed by atoms with Gasteiger partial charge in [-0.2, -0.15) is 0 Å². The van der Waals surface area contributed by atoms with Crippen molar-refractivity contribution < 1.29 is 9.47 Å². The van der Waals surface area contributed by atoms with Crippen LogP contribution in [0.5, 0.6) is 5.75 Å². The van der Waals surface area contributed by atoms with E-state index >= 15 is 0 Å². The zero-order chi connectivity index (χ0) is 14.5. The van der Waals surface area contributed by atoms with Crippen molar-refractivity contribution in [2.24, 2.45) is 0 Å². The molecule has 1 aliphatic heterocycles. The first-order valence-corrected chi connectivity index (χ1v) is 6.91. The number of hydrogen-bond donors (Lipinski definition) is 1. The molecule has 6 nitrogen and oxygen atoms in total. The maximum absolute atomic E-state index is 5.36. The summed E-state index contributed by atoms with van der Waals surface area (Å²) >= 11 is 0. The number of nitrogens with zero attached hydrogens (tertiary/aromatic N) is 3. The summed E-state index contributed by atoms with van der Waals surface area (Å²) in [6.45, 7) is 3.18. The van der Waals surface area contributed by atoms with Crippen LogP contribution in [0.4, 0.5) is 17.3 Å². The Bertz CT molecular complexity index is 600. The molecule has 1 aliphatic rings. The molecular formula is C15H18N4O2. The molecule has 0 bridgehead atoms. The Kier molecular flexibility index (Phi) is 4.16. The van der Waals surface area contributed by atoms with Crippen LogP contribution in [0.25, 0.3) is 0 Å². The Morgan fingerprint density at radius 2 is 2.00 bits per heavy atom. The van der Waals surface area contributed by atoms with Gasteiger partial charge in [-0.05, 0) is 12.1 Å². The van der Waals surface area contributed by atoms with Crippen LogP contribution in [0.15, 0.2) is 36.7 Å². The Morgan fingerprint density at radius 1 is 1.19 bits per heavy atom. The Hall–Kier alpha value is -2.34. The van der Waals surface area contributed by atoms with E-state index in [1.807, 2.05) is 30.3 Å². The second-order valence-electron chi connectivity index (χ2n) is 4.69. The lowest BCUT2D eigenvalue weighted by molar-refractivity contribution is 0.122. The number of para-hydroxylation sites is 2. The molecule has 1 fully saturated rings. The molecule has 6 heteroatoms. The largest absolute Gasteiger partial charge is 0.495 e. The van der Waals surface area contributed by atoms with E-state index in [0.29, 0.717) is 0 Å². The van der Waals surface area contributed by atoms with Gasteiger partial charge in [-0.25, -0.2) is 9.97 Å². The maximum atomic E-state index is 5.36. The van der Waals surface area contributed by atoms with E-state index < -0.39 is 0 Å². The Labute approximate surface area is 123 Å². The van der Waals surface area contributed by atoms with Crippen molar-refractivity contribution in [1.82, 2.24) is 9.97 Å². The van der Waals surface area contributed by atoms with Crippen LogP contribution < -0.4 is 15.0 Å². The van der Waals surface area contributed by atoms with Crippen LogP contribution in [-0.2, 0) is 4.74 Å². The summed E-state index contributed by atoms with van der Waals surface area (Å²) in [6.07, 6.45) is 1.57. The third kappa shape index (κ3) is 3.22. The van der Waals surface area contributed by atoms with Gasteiger partial charge in [0.25, 0.3) is 0 Å². The van der Waals surface area contributed by atoms with Gasteiger partial charge in [0.15, 0.2) is 0 Å². The molecule has 2 heterocycles. The predicted molar refractivity (Wildman–Crippen MR) is 81.3 cm³/mol. The highest BCUT2D eigenvalue weighted by molar-refractivity contribution is 5.65. The molecule has 1 N–H and O–H groups in total. The highest BCUT2D eigenvalue weighted by Crippen LogP contribution is 2.27. The summed E-state index contributed by atoms with van der Waals surface area (Å²) in [7, 11) is 1.65. The van der Waals surface area contributed by atoms with Crippen molar-refractivity contribution >= 4 is 17.3 Å². The summed E-state index contributed by atoms with van der Waals surface area (Å²) in [5.74, 6) is 2.44. The van der Waals surface area contributed by atoms with Crippen LogP contribution in [0.3, 0.4) is 0 Å². The average molecular weight is 286 g/mol. The smallest absolute Gasteiger partial charge is 0.142 e. The first kappa shape index (κ1) is 13.6. The highest BCUT2D eigenvalue weighted by atomic mass is 16.5. The van der Waals surface area contributed by atoms with Gasteiger partial charge >= 0.3 is 0 Å². The summed E-state index contributed by atoms with van der Waals surface area (Å²) in [6, 6.07) is 9.69. The standard InChI is InChI=1S/C15H18N4O2/c1-20-13-5-3-2-4-12(13)18-14-10-15(17-11-16-14)19-6-8-21-9-7-19/h2-5,10-11H,6-9H2,1H3,(H,16,17,18). The zero-order valence-corrected chi connectivity index (χ0v) is 12.0. The zero-order valence-electron chi connectivity index (χ0n) is 12.0. The molecule has 0 amide bonds. The molecular weight excluding hydrogens is 268 g/mol. The average Bonchev–Trinajstić information content (AvgIpc) is 2.56. The fourth-order valence-electron chi connectivity index (χ4n) is 2.27. The highest BCUT2D eigenvalue weighted by Gasteiger charge is 2.13. The van der Waals surface area contributed by atoms with E-state index in [4.69, 9.17) is 9.47 Å². The second-order valence-corrected chi connectivity index (χ2v) is 4.69. The molecule has 0 radical (unpaired) electrons. The molecule has 1 aromatic carbocycles. The van der Waals surface area contributed by atoms with E-state index in [0.717, 1.165) is 49.4 Å². The normalized spacial score (nSPS) is 14.8. The van der Waals surface area contributed by atoms with Crippen LogP contribution >= 0.6 is 0 Å². The van der Waals surface area contributed by atoms with E-state index in [1.165, 1.54) is 0 Å². The molecule has 21 heavy (non-hydrogen) atoms. The molecule has 0 spiro atoms. The number of hydrogen-bond acceptors (Lipinski definition) is 6. The van der Waals surface area contributed by atoms with Crippen molar-refractivity contribution in [3.8, 4) is 5.75 Å². The number of benzene rings is 1. The van der Waals surface area contributed by atoms with Crippen LogP contribution in [0.2, 0.25) is 0 Å². The molecule has 0 atom stereocenters. The number of nitrogens with one attached hydrogen (secondary N) is 1. The van der Waals surface area contributed by atoms with Crippen LogP contribution in [-0.4, -0.2) is 43.4 Å². The number of ether oxygens (including phenoxy) is 2. The van der Waals surface area contributed by atoms with Gasteiger partial charge in [-0.3, -0.25) is 0 Å². The van der Waals surface area contributed by atoms with Crippen molar-refractivity contribution in [2.75, 3.05) is 43.6 Å². The van der Waals surface area contributed by atoms with Gasteiger partial charge in [0, 0.05) is 19.2 Å². The number of morpholine rings is 1. The van der Waals surface area contributed by atoms with Crippen molar-refractivity contribution in [3.63, 3.8) is 0 Å². The lowest BCUT2D eigenvalue weighted by Gasteiger charge is -2.27. The van der Waals surface area contributed by atoms with E-state index in [1.54, 1.807) is 13.4 Å². The third-order valence-electron chi connectivity index (χ3n) is 3.36. The molecule has 1 saturated heterocycles. The van der Waals surface area contributed by atoms with Gasteiger partial charge in [0.05, 0.1) is 26.0 Å². The van der Waals surface area contributed by atoms with Gasteiger partial charge < -0.3 is 19.7 Å². The van der Waals surface area contributed by atoms with Gasteiger partial charge in [-0.15, -0.1) is 0 Å². The third-order valence-corrected chi connectivity index (χ3v) is 3.36. The minimum Gasteiger partial charge on any atom is -0.495 e. The number of aromatic nitrogens is 2. The van der Waals surface area contributed by atoms with Crippen LogP contribution in [0.1, 0.15) is 0 Å². The van der Waals surface area contributed by atoms with Gasteiger partial charge in [0.2, 0.25) is 0 Å². The van der Waals surface area contributed by atoms with Gasteiger partial charge in [0.1, 0.15) is 23.7 Å². The summed E-state index contributed by atoms with van der Waals surface area (Å²) in [5, 5.41) is 3.27. The van der Waals surface area contributed by atoms with Crippen molar-refractivity contribution in [2.45, 2.75) is 0 Å². The molecule has 3 rings (SSSR count). The van der Waals surface area contributed by atoms with Crippen molar-refractivity contribution in [3.05, 3.63) is 36.7 Å². The fourth-order valence-corrected chi connectivity index (χ4v) is 2.27. The topological polar surface area (TPSA) is 59.5 Å². The molecule has 0 unspecified atom stereocenters. The minimum atomic E-state index is 0.735. The van der Waals surface area contributed by atoms with E-state index in [9.17, 15) is 0 Å². The molecule has 110 valence electrons. The molecule has 2 aromatic rings. The van der Waals surface area contributed by atoms with E-state index in [2.05, 4.69) is 20.2 Å². The minimum absolute atomic E-state index is 0.735. The maximum Gasteiger partial charge on any atom is 0.142 e. The number of rotatable bonds is 4. The first-order chi connectivity index (χ1) is 10.4. The van der Waals surface area contributed by atoms with Crippen LogP contribution in [0, 0.1) is 0 Å². The number of methoxy groups -OCH3 is 1. The summed E-state index contributed by atoms with van der Waals surface area (Å²) < 4.78 is 10.7. The fraction of sp³-hybridized carbons (Fsp3) is 0.333. The first-order valence-electron chi connectivity index (χ1n) is 6.91.